The van der Waals surface area contributed by atoms with Gasteiger partial charge in [-0.25, -0.2) is 0 Å². The zero-order valence-corrected chi connectivity index (χ0v) is 16.2. The molecule has 1 atom stereocenters. The first-order valence-corrected chi connectivity index (χ1v) is 9.80. The quantitative estimate of drug-likeness (QED) is 0.743. The number of nitrogens with zero attached hydrogens (tertiary/aromatic N) is 3. The van der Waals surface area contributed by atoms with E-state index in [0.717, 1.165) is 19.4 Å². The van der Waals surface area contributed by atoms with E-state index in [1.165, 1.54) is 10.6 Å². The second kappa shape index (κ2) is 8.25. The second-order valence-corrected chi connectivity index (χ2v) is 7.47. The Kier molecular flexibility index (Phi) is 5.99. The Morgan fingerprint density at radius 3 is 2.59 bits per heavy atom. The molecule has 2 aliphatic rings. The number of hydrogen-bond acceptors (Lipinski definition) is 4. The average molecular weight is 375 g/mol. The van der Waals surface area contributed by atoms with Gasteiger partial charge < -0.3 is 19.1 Å². The molecule has 2 amide bonds. The van der Waals surface area contributed by atoms with Gasteiger partial charge in [0.25, 0.3) is 5.56 Å². The van der Waals surface area contributed by atoms with Crippen LogP contribution in [0.5, 0.6) is 0 Å². The lowest BCUT2D eigenvalue weighted by molar-refractivity contribution is -0.136. The molecule has 3 heterocycles. The molecule has 1 aromatic heterocycles. The number of pyridine rings is 1. The largest absolute Gasteiger partial charge is 0.381 e. The minimum absolute atomic E-state index is 0.0452. The molecule has 2 fully saturated rings. The summed E-state index contributed by atoms with van der Waals surface area (Å²) in [6, 6.07) is 4.88. The maximum atomic E-state index is 12.7. The standard InChI is InChI=1S/C20H29N3O4/c1-3-21-15-20(16(19(21)26)14-27-4-2)8-11-22(12-9-20)18(25)13-23-10-6-5-7-17(23)24/h5-7,10,16H,3-4,8-9,11-15H2,1-2H3. The van der Waals surface area contributed by atoms with Crippen molar-refractivity contribution in [1.29, 1.82) is 0 Å². The number of carbonyl (C=O) groups is 2. The fourth-order valence-corrected chi connectivity index (χ4v) is 4.35. The summed E-state index contributed by atoms with van der Waals surface area (Å²) in [7, 11) is 0. The summed E-state index contributed by atoms with van der Waals surface area (Å²) in [5, 5.41) is 0. The van der Waals surface area contributed by atoms with Crippen LogP contribution in [-0.2, 0) is 20.9 Å². The lowest BCUT2D eigenvalue weighted by Crippen LogP contribution is -2.48. The van der Waals surface area contributed by atoms with Crippen LogP contribution in [0.25, 0.3) is 0 Å². The van der Waals surface area contributed by atoms with Gasteiger partial charge >= 0.3 is 0 Å². The van der Waals surface area contributed by atoms with Gasteiger partial charge in [0, 0.05) is 50.5 Å². The highest BCUT2D eigenvalue weighted by Gasteiger charge is 2.52. The van der Waals surface area contributed by atoms with Crippen molar-refractivity contribution >= 4 is 11.8 Å². The highest BCUT2D eigenvalue weighted by Crippen LogP contribution is 2.45. The van der Waals surface area contributed by atoms with Gasteiger partial charge in [0.15, 0.2) is 0 Å². The normalized spacial score (nSPS) is 21.9. The summed E-state index contributed by atoms with van der Waals surface area (Å²) in [4.78, 5) is 40.9. The van der Waals surface area contributed by atoms with E-state index in [4.69, 9.17) is 4.74 Å². The third kappa shape index (κ3) is 3.93. The molecular weight excluding hydrogens is 346 g/mol. The minimum Gasteiger partial charge on any atom is -0.381 e. The number of rotatable bonds is 6. The molecule has 7 nitrogen and oxygen atoms in total. The zero-order valence-electron chi connectivity index (χ0n) is 16.2. The van der Waals surface area contributed by atoms with Crippen LogP contribution in [0.1, 0.15) is 26.7 Å². The Balaban J connectivity index is 1.66. The molecule has 0 aliphatic carbocycles. The molecule has 0 saturated carbocycles. The number of likely N-dealkylation sites (tertiary alicyclic amines) is 2. The van der Waals surface area contributed by atoms with Crippen LogP contribution >= 0.6 is 0 Å². The fourth-order valence-electron chi connectivity index (χ4n) is 4.35. The molecule has 1 spiro atoms. The van der Waals surface area contributed by atoms with E-state index in [1.807, 2.05) is 23.6 Å². The van der Waals surface area contributed by atoms with Gasteiger partial charge in [0.2, 0.25) is 11.8 Å². The highest BCUT2D eigenvalue weighted by atomic mass is 16.5. The van der Waals surface area contributed by atoms with Gasteiger partial charge in [-0.05, 0) is 32.8 Å². The van der Waals surface area contributed by atoms with Crippen LogP contribution in [0.3, 0.4) is 0 Å². The third-order valence-electron chi connectivity index (χ3n) is 6.04. The number of aromatic nitrogens is 1. The summed E-state index contributed by atoms with van der Waals surface area (Å²) in [5.74, 6) is 0.0177. The number of amides is 2. The number of hydrogen-bond donors (Lipinski definition) is 0. The van der Waals surface area contributed by atoms with Crippen molar-refractivity contribution in [2.75, 3.05) is 39.4 Å². The number of piperidine rings is 1. The van der Waals surface area contributed by atoms with Crippen molar-refractivity contribution in [3.05, 3.63) is 34.7 Å². The van der Waals surface area contributed by atoms with E-state index in [-0.39, 0.29) is 35.3 Å². The van der Waals surface area contributed by atoms with E-state index >= 15 is 0 Å². The number of carbonyl (C=O) groups excluding carboxylic acids is 2. The van der Waals surface area contributed by atoms with Crippen LogP contribution in [0.2, 0.25) is 0 Å². The van der Waals surface area contributed by atoms with Gasteiger partial charge in [-0.15, -0.1) is 0 Å². The molecule has 7 heteroatoms. The van der Waals surface area contributed by atoms with Crippen molar-refractivity contribution in [2.45, 2.75) is 33.2 Å². The summed E-state index contributed by atoms with van der Waals surface area (Å²) >= 11 is 0. The topological polar surface area (TPSA) is 71.8 Å². The van der Waals surface area contributed by atoms with E-state index in [1.54, 1.807) is 18.3 Å². The van der Waals surface area contributed by atoms with Crippen molar-refractivity contribution in [1.82, 2.24) is 14.4 Å². The van der Waals surface area contributed by atoms with Crippen LogP contribution in [0, 0.1) is 11.3 Å². The number of ether oxygens (including phenoxy) is 1. The first kappa shape index (κ1) is 19.6. The molecule has 1 unspecified atom stereocenters. The van der Waals surface area contributed by atoms with Gasteiger partial charge in [0.1, 0.15) is 6.54 Å². The van der Waals surface area contributed by atoms with Crippen LogP contribution < -0.4 is 5.56 Å². The molecule has 2 saturated heterocycles. The monoisotopic (exact) mass is 375 g/mol. The van der Waals surface area contributed by atoms with E-state index in [0.29, 0.717) is 32.8 Å². The van der Waals surface area contributed by atoms with E-state index in [2.05, 4.69) is 0 Å². The molecule has 0 bridgehead atoms. The van der Waals surface area contributed by atoms with Crippen LogP contribution in [0.15, 0.2) is 29.2 Å². The molecule has 1 aromatic rings. The third-order valence-corrected chi connectivity index (χ3v) is 6.04. The molecule has 27 heavy (non-hydrogen) atoms. The summed E-state index contributed by atoms with van der Waals surface area (Å²) in [6.07, 6.45) is 3.23. The average Bonchev–Trinajstić information content (AvgIpc) is 2.93. The van der Waals surface area contributed by atoms with Gasteiger partial charge in [0.05, 0.1) is 12.5 Å². The van der Waals surface area contributed by atoms with Crippen molar-refractivity contribution < 1.29 is 14.3 Å². The summed E-state index contributed by atoms with van der Waals surface area (Å²) in [6.45, 7) is 7.77. The first-order chi connectivity index (χ1) is 13.0. The lowest BCUT2D eigenvalue weighted by atomic mass is 9.71. The van der Waals surface area contributed by atoms with Crippen LogP contribution in [-0.4, -0.2) is 65.6 Å². The predicted molar refractivity (Wildman–Crippen MR) is 101 cm³/mol. The predicted octanol–water partition coefficient (Wildman–Crippen LogP) is 0.972. The summed E-state index contributed by atoms with van der Waals surface area (Å²) < 4.78 is 7.04. The Labute approximate surface area is 159 Å². The molecule has 0 N–H and O–H groups in total. The summed E-state index contributed by atoms with van der Waals surface area (Å²) in [5.41, 5.74) is -0.279. The second-order valence-electron chi connectivity index (χ2n) is 7.47. The van der Waals surface area contributed by atoms with Gasteiger partial charge in [-0.3, -0.25) is 14.4 Å². The Morgan fingerprint density at radius 2 is 1.96 bits per heavy atom. The van der Waals surface area contributed by atoms with Crippen molar-refractivity contribution in [2.24, 2.45) is 11.3 Å². The zero-order chi connectivity index (χ0) is 19.4. The Morgan fingerprint density at radius 1 is 1.22 bits per heavy atom. The fraction of sp³-hybridized carbons (Fsp3) is 0.650. The minimum atomic E-state index is -0.170. The Bertz CT molecular complexity index is 737. The Hall–Kier alpha value is -2.15. The molecule has 0 aromatic carbocycles. The maximum absolute atomic E-state index is 12.7. The lowest BCUT2D eigenvalue weighted by Gasteiger charge is -2.41. The SMILES string of the molecule is CCOCC1C(=O)N(CC)CC12CCN(C(=O)Cn1ccccc1=O)CC2. The maximum Gasteiger partial charge on any atom is 0.250 e. The van der Waals surface area contributed by atoms with E-state index < -0.39 is 0 Å². The van der Waals surface area contributed by atoms with Gasteiger partial charge in [-0.2, -0.15) is 0 Å². The van der Waals surface area contributed by atoms with E-state index in [9.17, 15) is 14.4 Å². The molecule has 3 rings (SSSR count). The first-order valence-electron chi connectivity index (χ1n) is 9.80. The van der Waals surface area contributed by atoms with Crippen molar-refractivity contribution in [3.8, 4) is 0 Å². The molecule has 0 radical (unpaired) electrons. The molecule has 2 aliphatic heterocycles. The smallest absolute Gasteiger partial charge is 0.250 e. The molecule has 148 valence electrons. The van der Waals surface area contributed by atoms with Crippen molar-refractivity contribution in [3.63, 3.8) is 0 Å². The van der Waals surface area contributed by atoms with Gasteiger partial charge in [-0.1, -0.05) is 6.07 Å². The van der Waals surface area contributed by atoms with Crippen LogP contribution in [0.4, 0.5) is 0 Å². The molecular formula is C20H29N3O4. The highest BCUT2D eigenvalue weighted by molar-refractivity contribution is 5.82.